The van der Waals surface area contributed by atoms with E-state index in [-0.39, 0.29) is 11.0 Å². The number of benzene rings is 2. The first-order valence-corrected chi connectivity index (χ1v) is 10.1. The lowest BCUT2D eigenvalue weighted by molar-refractivity contribution is -0.115. The minimum atomic E-state index is -0.411. The third kappa shape index (κ3) is 7.45. The van der Waals surface area contributed by atoms with E-state index in [1.807, 2.05) is 0 Å². The van der Waals surface area contributed by atoms with E-state index in [4.69, 9.17) is 21.7 Å². The van der Waals surface area contributed by atoms with Gasteiger partial charge >= 0.3 is 0 Å². The maximum atomic E-state index is 12.7. The fraction of sp³-hybridized carbons (Fsp3) is 0.250. The monoisotopic (exact) mass is 479 g/mol. The number of thiocarbonyl (C=S) groups is 1. The second kappa shape index (κ2) is 11.5. The summed E-state index contributed by atoms with van der Waals surface area (Å²) in [5.41, 5.74) is 1.61. The quantitative estimate of drug-likeness (QED) is 0.392. The first kappa shape index (κ1) is 22.8. The van der Waals surface area contributed by atoms with Crippen LogP contribution in [0.1, 0.15) is 23.7 Å². The summed E-state index contributed by atoms with van der Waals surface area (Å²) in [5.74, 6) is -0.0739. The maximum Gasteiger partial charge on any atom is 0.261 e. The number of hydrogen-bond acceptors (Lipinski definition) is 5. The molecule has 2 aromatic carbocycles. The van der Waals surface area contributed by atoms with Gasteiger partial charge in [-0.05, 0) is 48.6 Å². The van der Waals surface area contributed by atoms with E-state index in [9.17, 15) is 9.59 Å². The highest BCUT2D eigenvalue weighted by Crippen LogP contribution is 2.23. The van der Waals surface area contributed by atoms with Crippen molar-refractivity contribution in [2.75, 3.05) is 31.0 Å². The van der Waals surface area contributed by atoms with Crippen molar-refractivity contribution < 1.29 is 19.1 Å². The van der Waals surface area contributed by atoms with E-state index < -0.39 is 5.91 Å². The molecule has 2 amide bonds. The Kier molecular flexibility index (Phi) is 9.04. The van der Waals surface area contributed by atoms with Crippen LogP contribution in [0.2, 0.25) is 0 Å². The van der Waals surface area contributed by atoms with Crippen molar-refractivity contribution >= 4 is 56.4 Å². The normalized spacial score (nSPS) is 10.2. The third-order valence-electron chi connectivity index (χ3n) is 3.68. The Labute approximate surface area is 183 Å². The molecule has 3 N–H and O–H groups in total. The summed E-state index contributed by atoms with van der Waals surface area (Å²) in [5, 5.41) is 8.46. The molecule has 0 atom stereocenters. The lowest BCUT2D eigenvalue weighted by atomic mass is 10.2. The van der Waals surface area contributed by atoms with E-state index in [1.165, 1.54) is 0 Å². The molecule has 0 saturated carbocycles. The molecule has 7 nitrogen and oxygen atoms in total. The minimum absolute atomic E-state index is 0.0892. The van der Waals surface area contributed by atoms with Gasteiger partial charge in [0.25, 0.3) is 5.91 Å². The number of nitrogens with one attached hydrogen (secondary N) is 3. The van der Waals surface area contributed by atoms with Gasteiger partial charge in [-0.1, -0.05) is 28.9 Å². The molecule has 0 heterocycles. The number of amides is 2. The molecule has 2 rings (SSSR count). The van der Waals surface area contributed by atoms with Crippen molar-refractivity contribution in [3.05, 3.63) is 52.5 Å². The van der Waals surface area contributed by atoms with Gasteiger partial charge in [0.15, 0.2) is 5.11 Å². The van der Waals surface area contributed by atoms with Crippen LogP contribution < -0.4 is 20.7 Å². The van der Waals surface area contributed by atoms with Gasteiger partial charge in [-0.3, -0.25) is 14.9 Å². The largest absolute Gasteiger partial charge is 0.490 e. The summed E-state index contributed by atoms with van der Waals surface area (Å²) >= 11 is 8.60. The first-order chi connectivity index (χ1) is 13.9. The van der Waals surface area contributed by atoms with Gasteiger partial charge in [-0.2, -0.15) is 0 Å². The number of ether oxygens (including phenoxy) is 2. The minimum Gasteiger partial charge on any atom is -0.490 e. The first-order valence-electron chi connectivity index (χ1n) is 8.86. The van der Waals surface area contributed by atoms with Gasteiger partial charge in [0.2, 0.25) is 5.91 Å². The maximum absolute atomic E-state index is 12.7. The molecule has 154 valence electrons. The van der Waals surface area contributed by atoms with Crippen LogP contribution in [0.25, 0.3) is 0 Å². The van der Waals surface area contributed by atoms with Crippen molar-refractivity contribution in [2.24, 2.45) is 0 Å². The highest BCUT2D eigenvalue weighted by Gasteiger charge is 2.15. The molecule has 0 aliphatic carbocycles. The van der Waals surface area contributed by atoms with Crippen molar-refractivity contribution in [3.63, 3.8) is 0 Å². The van der Waals surface area contributed by atoms with Gasteiger partial charge in [0.05, 0.1) is 12.2 Å². The Morgan fingerprint density at radius 1 is 1.07 bits per heavy atom. The molecule has 0 aliphatic rings. The van der Waals surface area contributed by atoms with Crippen LogP contribution in [-0.2, 0) is 9.53 Å². The molecule has 0 unspecified atom stereocenters. The summed E-state index contributed by atoms with van der Waals surface area (Å²) in [6, 6.07) is 12.2. The predicted molar refractivity (Wildman–Crippen MR) is 121 cm³/mol. The van der Waals surface area contributed by atoms with E-state index in [0.29, 0.717) is 42.3 Å². The Balaban J connectivity index is 2.04. The van der Waals surface area contributed by atoms with Crippen LogP contribution >= 0.6 is 28.1 Å². The van der Waals surface area contributed by atoms with Gasteiger partial charge in [-0.15, -0.1) is 0 Å². The van der Waals surface area contributed by atoms with Crippen molar-refractivity contribution in [1.82, 2.24) is 5.32 Å². The van der Waals surface area contributed by atoms with E-state index in [1.54, 1.807) is 56.5 Å². The van der Waals surface area contributed by atoms with Crippen LogP contribution in [0, 0.1) is 0 Å². The van der Waals surface area contributed by atoms with Gasteiger partial charge < -0.3 is 20.1 Å². The summed E-state index contributed by atoms with van der Waals surface area (Å²) < 4.78 is 11.3. The standard InChI is InChI=1S/C20H22BrN3O4S/c1-3-18(25)22-14-5-4-6-15(12-14)23-20(29)24-19(26)16-11-13(21)7-8-17(16)28-10-9-27-2/h4-8,11-12H,3,9-10H2,1-2H3,(H,22,25)(H2,23,24,26,29). The van der Waals surface area contributed by atoms with Crippen LogP contribution in [0.15, 0.2) is 46.9 Å². The number of carbonyl (C=O) groups is 2. The van der Waals surface area contributed by atoms with Crippen molar-refractivity contribution in [2.45, 2.75) is 13.3 Å². The molecule has 0 fully saturated rings. The molecule has 29 heavy (non-hydrogen) atoms. The van der Waals surface area contributed by atoms with E-state index in [2.05, 4.69) is 31.9 Å². The van der Waals surface area contributed by atoms with Crippen molar-refractivity contribution in [3.8, 4) is 5.75 Å². The topological polar surface area (TPSA) is 88.7 Å². The second-order valence-electron chi connectivity index (χ2n) is 5.87. The fourth-order valence-electron chi connectivity index (χ4n) is 2.30. The average Bonchev–Trinajstić information content (AvgIpc) is 2.69. The Bertz CT molecular complexity index is 892. The Morgan fingerprint density at radius 3 is 2.48 bits per heavy atom. The second-order valence-corrected chi connectivity index (χ2v) is 7.20. The van der Waals surface area contributed by atoms with Crippen LogP contribution in [-0.4, -0.2) is 37.3 Å². The molecule has 0 aromatic heterocycles. The fourth-order valence-corrected chi connectivity index (χ4v) is 2.87. The van der Waals surface area contributed by atoms with Gasteiger partial charge in [0, 0.05) is 29.4 Å². The highest BCUT2D eigenvalue weighted by atomic mass is 79.9. The molecular formula is C20H22BrN3O4S. The number of anilines is 2. The molecule has 0 spiro atoms. The average molecular weight is 480 g/mol. The van der Waals surface area contributed by atoms with Crippen LogP contribution in [0.4, 0.5) is 11.4 Å². The zero-order valence-corrected chi connectivity index (χ0v) is 18.5. The van der Waals surface area contributed by atoms with E-state index >= 15 is 0 Å². The molecule has 2 aromatic rings. The SMILES string of the molecule is CCC(=O)Nc1cccc(NC(=S)NC(=O)c2cc(Br)ccc2OCCOC)c1. The molecular weight excluding hydrogens is 458 g/mol. The van der Waals surface area contributed by atoms with Gasteiger partial charge in [-0.25, -0.2) is 0 Å². The summed E-state index contributed by atoms with van der Waals surface area (Å²) in [6.45, 7) is 2.50. The van der Waals surface area contributed by atoms with Crippen LogP contribution in [0.5, 0.6) is 5.75 Å². The Hall–Kier alpha value is -2.49. The Morgan fingerprint density at radius 2 is 1.79 bits per heavy atom. The zero-order chi connectivity index (χ0) is 21.2. The number of methoxy groups -OCH3 is 1. The highest BCUT2D eigenvalue weighted by molar-refractivity contribution is 9.10. The van der Waals surface area contributed by atoms with Crippen LogP contribution in [0.3, 0.4) is 0 Å². The molecule has 0 bridgehead atoms. The number of carbonyl (C=O) groups excluding carboxylic acids is 2. The van der Waals surface area contributed by atoms with E-state index in [0.717, 1.165) is 4.47 Å². The predicted octanol–water partition coefficient (Wildman–Crippen LogP) is 3.95. The number of rotatable bonds is 8. The molecule has 0 radical (unpaired) electrons. The molecule has 0 saturated heterocycles. The smallest absolute Gasteiger partial charge is 0.261 e. The summed E-state index contributed by atoms with van der Waals surface area (Å²) in [7, 11) is 1.57. The lowest BCUT2D eigenvalue weighted by Gasteiger charge is -2.14. The third-order valence-corrected chi connectivity index (χ3v) is 4.38. The molecule has 9 heteroatoms. The lowest BCUT2D eigenvalue weighted by Crippen LogP contribution is -2.34. The zero-order valence-electron chi connectivity index (χ0n) is 16.1. The summed E-state index contributed by atoms with van der Waals surface area (Å²) in [6.07, 6.45) is 0.382. The number of halogens is 1. The number of hydrogen-bond donors (Lipinski definition) is 3. The van der Waals surface area contributed by atoms with Crippen molar-refractivity contribution in [1.29, 1.82) is 0 Å². The van der Waals surface area contributed by atoms with Gasteiger partial charge in [0.1, 0.15) is 12.4 Å². The molecule has 0 aliphatic heterocycles. The summed E-state index contributed by atoms with van der Waals surface area (Å²) in [4.78, 5) is 24.2.